The van der Waals surface area contributed by atoms with E-state index in [-0.39, 0.29) is 0 Å². The zero-order valence-electron chi connectivity index (χ0n) is 13.3. The second kappa shape index (κ2) is 5.29. The predicted molar refractivity (Wildman–Crippen MR) is 87.6 cm³/mol. The molecule has 20 heavy (non-hydrogen) atoms. The number of rotatable bonds is 2. The normalized spacial score (nSPS) is 10.8. The Kier molecular flexibility index (Phi) is 3.87. The zero-order chi connectivity index (χ0) is 15.0. The molecule has 2 N–H and O–H groups in total. The summed E-state index contributed by atoms with van der Waals surface area (Å²) in [6.45, 7) is 12.7. The molecule has 0 spiro atoms. The quantitative estimate of drug-likeness (QED) is 0.639. The van der Waals surface area contributed by atoms with Gasteiger partial charge in [-0.1, -0.05) is 35.4 Å². The van der Waals surface area contributed by atoms with Crippen molar-refractivity contribution in [2.75, 3.05) is 5.01 Å². The summed E-state index contributed by atoms with van der Waals surface area (Å²) in [5.74, 6) is 6.45. The Labute approximate surface area is 122 Å². The number of nitrogens with zero attached hydrogens (tertiary/aromatic N) is 1. The van der Waals surface area contributed by atoms with Crippen LogP contribution >= 0.6 is 0 Å². The molecule has 0 aliphatic heterocycles. The molecule has 0 aromatic heterocycles. The largest absolute Gasteiger partial charge is 0.279 e. The van der Waals surface area contributed by atoms with E-state index in [9.17, 15) is 0 Å². The average Bonchev–Trinajstić information content (AvgIpc) is 2.25. The maximum atomic E-state index is 6.45. The summed E-state index contributed by atoms with van der Waals surface area (Å²) in [6, 6.07) is 8.73. The minimum atomic E-state index is 1.10. The number of nitrogens with two attached hydrogens (primary N) is 1. The van der Waals surface area contributed by atoms with Gasteiger partial charge in [0.1, 0.15) is 0 Å². The van der Waals surface area contributed by atoms with Crippen LogP contribution in [0.4, 0.5) is 11.4 Å². The summed E-state index contributed by atoms with van der Waals surface area (Å²) in [5, 5.41) is 1.84. The minimum absolute atomic E-state index is 1.10. The lowest BCUT2D eigenvalue weighted by atomic mass is 10.0. The van der Waals surface area contributed by atoms with Crippen LogP contribution in [-0.2, 0) is 0 Å². The molecule has 2 aromatic carbocycles. The summed E-state index contributed by atoms with van der Waals surface area (Å²) in [5.41, 5.74) is 9.60. The molecular formula is C18H24N2. The number of aryl methyl sites for hydroxylation is 6. The summed E-state index contributed by atoms with van der Waals surface area (Å²) < 4.78 is 0. The van der Waals surface area contributed by atoms with Gasteiger partial charge in [0.2, 0.25) is 0 Å². The monoisotopic (exact) mass is 268 g/mol. The van der Waals surface area contributed by atoms with Crippen LogP contribution in [0.1, 0.15) is 33.4 Å². The van der Waals surface area contributed by atoms with Crippen molar-refractivity contribution in [1.29, 1.82) is 0 Å². The van der Waals surface area contributed by atoms with Gasteiger partial charge < -0.3 is 0 Å². The molecule has 0 heterocycles. The van der Waals surface area contributed by atoms with Gasteiger partial charge >= 0.3 is 0 Å². The Hall–Kier alpha value is -1.80. The maximum absolute atomic E-state index is 6.45. The van der Waals surface area contributed by atoms with Crippen molar-refractivity contribution in [3.05, 3.63) is 57.6 Å². The first-order valence-corrected chi connectivity index (χ1v) is 7.01. The van der Waals surface area contributed by atoms with E-state index < -0.39 is 0 Å². The van der Waals surface area contributed by atoms with Crippen LogP contribution < -0.4 is 10.9 Å². The van der Waals surface area contributed by atoms with Crippen molar-refractivity contribution in [3.8, 4) is 0 Å². The Morgan fingerprint density at radius 2 is 0.850 bits per heavy atom. The lowest BCUT2D eigenvalue weighted by Gasteiger charge is -2.27. The third-order valence-corrected chi connectivity index (χ3v) is 3.75. The molecule has 2 rings (SSSR count). The lowest BCUT2D eigenvalue weighted by molar-refractivity contribution is 1.03. The van der Waals surface area contributed by atoms with E-state index in [1.807, 2.05) is 5.01 Å². The topological polar surface area (TPSA) is 29.3 Å². The molecular weight excluding hydrogens is 244 g/mol. The van der Waals surface area contributed by atoms with Gasteiger partial charge in [-0.2, -0.15) is 0 Å². The first-order chi connectivity index (χ1) is 9.31. The third-order valence-electron chi connectivity index (χ3n) is 3.75. The molecule has 0 radical (unpaired) electrons. The molecule has 106 valence electrons. The van der Waals surface area contributed by atoms with Crippen molar-refractivity contribution in [2.24, 2.45) is 5.84 Å². The van der Waals surface area contributed by atoms with Crippen molar-refractivity contribution in [3.63, 3.8) is 0 Å². The SMILES string of the molecule is Cc1cc(C)c(N(N)c2c(C)cc(C)cc2C)c(C)c1. The number of hydrogen-bond acceptors (Lipinski definition) is 2. The predicted octanol–water partition coefficient (Wildman–Crippen LogP) is 4.55. The van der Waals surface area contributed by atoms with Gasteiger partial charge in [-0.05, 0) is 63.8 Å². The average molecular weight is 268 g/mol. The number of hydrogen-bond donors (Lipinski definition) is 1. The molecule has 0 aliphatic carbocycles. The highest BCUT2D eigenvalue weighted by Gasteiger charge is 2.15. The third kappa shape index (κ3) is 2.56. The number of hydrazine groups is 1. The van der Waals surface area contributed by atoms with Crippen LogP contribution in [-0.4, -0.2) is 0 Å². The van der Waals surface area contributed by atoms with E-state index in [1.54, 1.807) is 0 Å². The molecule has 2 aromatic rings. The molecule has 0 aliphatic rings. The summed E-state index contributed by atoms with van der Waals surface area (Å²) in [4.78, 5) is 0. The second-order valence-corrected chi connectivity index (χ2v) is 5.86. The highest BCUT2D eigenvalue weighted by atomic mass is 15.4. The highest BCUT2D eigenvalue weighted by Crippen LogP contribution is 2.34. The van der Waals surface area contributed by atoms with Crippen LogP contribution in [0, 0.1) is 41.5 Å². The molecule has 0 unspecified atom stereocenters. The van der Waals surface area contributed by atoms with Gasteiger partial charge in [0.25, 0.3) is 0 Å². The minimum Gasteiger partial charge on any atom is -0.279 e. The van der Waals surface area contributed by atoms with Crippen molar-refractivity contribution >= 4 is 11.4 Å². The van der Waals surface area contributed by atoms with Gasteiger partial charge in [-0.3, -0.25) is 5.01 Å². The van der Waals surface area contributed by atoms with Gasteiger partial charge in [-0.25, -0.2) is 5.84 Å². The van der Waals surface area contributed by atoms with Crippen LogP contribution in [0.5, 0.6) is 0 Å². The maximum Gasteiger partial charge on any atom is 0.0633 e. The fourth-order valence-corrected chi connectivity index (χ4v) is 3.22. The van der Waals surface area contributed by atoms with Gasteiger partial charge in [0.05, 0.1) is 11.4 Å². The Balaban J connectivity index is 2.61. The lowest BCUT2D eigenvalue weighted by Crippen LogP contribution is -2.28. The smallest absolute Gasteiger partial charge is 0.0633 e. The van der Waals surface area contributed by atoms with E-state index >= 15 is 0 Å². The van der Waals surface area contributed by atoms with Gasteiger partial charge in [0, 0.05) is 0 Å². The van der Waals surface area contributed by atoms with Gasteiger partial charge in [-0.15, -0.1) is 0 Å². The fraction of sp³-hybridized carbons (Fsp3) is 0.333. The molecule has 0 amide bonds. The summed E-state index contributed by atoms with van der Waals surface area (Å²) in [7, 11) is 0. The molecule has 0 bridgehead atoms. The molecule has 0 saturated carbocycles. The van der Waals surface area contributed by atoms with Crippen LogP contribution in [0.25, 0.3) is 0 Å². The molecule has 2 heteroatoms. The van der Waals surface area contributed by atoms with E-state index in [2.05, 4.69) is 65.8 Å². The summed E-state index contributed by atoms with van der Waals surface area (Å²) >= 11 is 0. The second-order valence-electron chi connectivity index (χ2n) is 5.86. The molecule has 0 saturated heterocycles. The summed E-state index contributed by atoms with van der Waals surface area (Å²) in [6.07, 6.45) is 0. The first-order valence-electron chi connectivity index (χ1n) is 7.01. The van der Waals surface area contributed by atoms with Crippen molar-refractivity contribution < 1.29 is 0 Å². The van der Waals surface area contributed by atoms with Crippen molar-refractivity contribution in [2.45, 2.75) is 41.5 Å². The Bertz CT molecular complexity index is 553. The molecule has 2 nitrogen and oxygen atoms in total. The zero-order valence-corrected chi connectivity index (χ0v) is 13.3. The fourth-order valence-electron chi connectivity index (χ4n) is 3.22. The van der Waals surface area contributed by atoms with Crippen LogP contribution in [0.2, 0.25) is 0 Å². The van der Waals surface area contributed by atoms with Gasteiger partial charge in [0.15, 0.2) is 0 Å². The van der Waals surface area contributed by atoms with E-state index in [0.717, 1.165) is 11.4 Å². The molecule has 0 atom stereocenters. The number of benzene rings is 2. The van der Waals surface area contributed by atoms with E-state index in [1.165, 1.54) is 33.4 Å². The standard InChI is InChI=1S/C18H24N2/c1-11-7-13(3)17(14(4)8-11)20(19)18-15(5)9-12(2)10-16(18)6/h7-10H,19H2,1-6H3. The van der Waals surface area contributed by atoms with Crippen molar-refractivity contribution in [1.82, 2.24) is 0 Å². The van der Waals surface area contributed by atoms with Crippen LogP contribution in [0.3, 0.4) is 0 Å². The van der Waals surface area contributed by atoms with Crippen LogP contribution in [0.15, 0.2) is 24.3 Å². The molecule has 0 fully saturated rings. The number of anilines is 2. The highest BCUT2D eigenvalue weighted by molar-refractivity contribution is 5.73. The van der Waals surface area contributed by atoms with E-state index in [0.29, 0.717) is 0 Å². The van der Waals surface area contributed by atoms with E-state index in [4.69, 9.17) is 5.84 Å². The first kappa shape index (κ1) is 14.6. The Morgan fingerprint density at radius 1 is 0.600 bits per heavy atom. The Morgan fingerprint density at radius 3 is 1.10 bits per heavy atom.